The van der Waals surface area contributed by atoms with E-state index in [0.29, 0.717) is 13.2 Å². The van der Waals surface area contributed by atoms with E-state index in [0.717, 1.165) is 23.6 Å². The van der Waals surface area contributed by atoms with Crippen molar-refractivity contribution < 1.29 is 9.47 Å². The number of hydrogen-bond donors (Lipinski definition) is 2. The topological polar surface area (TPSA) is 56.5 Å². The molecule has 2 aromatic rings. The Hall–Kier alpha value is -2.27. The maximum atomic E-state index is 5.66. The van der Waals surface area contributed by atoms with Gasteiger partial charge in [-0.2, -0.15) is 0 Å². The molecule has 2 aromatic carbocycles. The summed E-state index contributed by atoms with van der Waals surface area (Å²) in [5.41, 5.74) is 6.25. The van der Waals surface area contributed by atoms with E-state index in [2.05, 4.69) is 5.32 Å². The summed E-state index contributed by atoms with van der Waals surface area (Å²) in [7, 11) is 0. The lowest BCUT2D eigenvalue weighted by molar-refractivity contribution is 0.247. The van der Waals surface area contributed by atoms with E-state index < -0.39 is 0 Å². The van der Waals surface area contributed by atoms with Crippen molar-refractivity contribution in [2.24, 2.45) is 5.73 Å². The van der Waals surface area contributed by atoms with Crippen LogP contribution in [-0.2, 0) is 0 Å². The normalized spacial score (nSPS) is 9.90. The zero-order valence-corrected chi connectivity index (χ0v) is 12.4. The van der Waals surface area contributed by atoms with Gasteiger partial charge in [-0.25, -0.2) is 0 Å². The van der Waals surface area contributed by atoms with Gasteiger partial charge in [0.2, 0.25) is 0 Å². The van der Waals surface area contributed by atoms with Crippen LogP contribution in [0.5, 0.6) is 11.5 Å². The molecule has 4 nitrogen and oxygen atoms in total. The summed E-state index contributed by atoms with van der Waals surface area (Å²) in [5, 5.41) is 3.11. The van der Waals surface area contributed by atoms with Crippen LogP contribution in [0.3, 0.4) is 0 Å². The number of benzene rings is 2. The smallest absolute Gasteiger partial charge is 0.168 e. The Balaban J connectivity index is 1.70. The number of thiocarbonyl (C=S) groups is 1. The van der Waals surface area contributed by atoms with Crippen molar-refractivity contribution in [1.82, 2.24) is 0 Å². The van der Waals surface area contributed by atoms with E-state index in [-0.39, 0.29) is 5.11 Å². The first kappa shape index (κ1) is 15.1. The summed E-state index contributed by atoms with van der Waals surface area (Å²) in [6, 6.07) is 17.3. The molecule has 0 heterocycles. The molecular formula is C16H18N2O2S. The maximum Gasteiger partial charge on any atom is 0.168 e. The average Bonchev–Trinajstić information content (AvgIpc) is 2.48. The van der Waals surface area contributed by atoms with Crippen LogP contribution in [0.25, 0.3) is 0 Å². The highest BCUT2D eigenvalue weighted by Crippen LogP contribution is 2.17. The molecule has 0 saturated heterocycles. The minimum Gasteiger partial charge on any atom is -0.493 e. The van der Waals surface area contributed by atoms with Gasteiger partial charge < -0.3 is 20.5 Å². The summed E-state index contributed by atoms with van der Waals surface area (Å²) in [4.78, 5) is 0. The van der Waals surface area contributed by atoms with Crippen molar-refractivity contribution in [3.05, 3.63) is 54.6 Å². The molecule has 0 atom stereocenters. The van der Waals surface area contributed by atoms with Crippen LogP contribution >= 0.6 is 12.2 Å². The molecule has 0 aliphatic rings. The molecule has 2 rings (SSSR count). The number of hydrogen-bond acceptors (Lipinski definition) is 3. The summed E-state index contributed by atoms with van der Waals surface area (Å²) in [6.45, 7) is 1.21. The first-order valence-electron chi connectivity index (χ1n) is 6.71. The second kappa shape index (κ2) is 8.11. The predicted octanol–water partition coefficient (Wildman–Crippen LogP) is 3.19. The minimum atomic E-state index is 0.239. The SMILES string of the molecule is NC(=S)Nc1cccc(OCCCOc2ccccc2)c1. The monoisotopic (exact) mass is 302 g/mol. The third-order valence-electron chi connectivity index (χ3n) is 2.67. The van der Waals surface area contributed by atoms with Gasteiger partial charge >= 0.3 is 0 Å². The number of para-hydroxylation sites is 1. The molecule has 0 radical (unpaired) electrons. The Kier molecular flexibility index (Phi) is 5.84. The number of ether oxygens (including phenoxy) is 2. The molecule has 21 heavy (non-hydrogen) atoms. The molecule has 0 bridgehead atoms. The molecule has 0 saturated carbocycles. The molecular weight excluding hydrogens is 284 g/mol. The standard InChI is InChI=1S/C16H18N2O2S/c17-16(21)18-13-6-4-9-15(12-13)20-11-5-10-19-14-7-2-1-3-8-14/h1-4,6-9,12H,5,10-11H2,(H3,17,18,21). The van der Waals surface area contributed by atoms with Crippen LogP contribution in [0.15, 0.2) is 54.6 Å². The Morgan fingerprint density at radius 2 is 1.62 bits per heavy atom. The van der Waals surface area contributed by atoms with E-state index in [1.54, 1.807) is 0 Å². The van der Waals surface area contributed by atoms with Crippen LogP contribution < -0.4 is 20.5 Å². The predicted molar refractivity (Wildman–Crippen MR) is 88.9 cm³/mol. The lowest BCUT2D eigenvalue weighted by atomic mass is 10.3. The molecule has 0 aliphatic heterocycles. The van der Waals surface area contributed by atoms with Crippen molar-refractivity contribution in [3.63, 3.8) is 0 Å². The second-order valence-electron chi connectivity index (χ2n) is 4.38. The lowest BCUT2D eigenvalue weighted by Crippen LogP contribution is -2.18. The quantitative estimate of drug-likeness (QED) is 0.607. The summed E-state index contributed by atoms with van der Waals surface area (Å²) in [5.74, 6) is 1.65. The summed E-state index contributed by atoms with van der Waals surface area (Å²) < 4.78 is 11.3. The molecule has 0 aliphatic carbocycles. The Labute approximate surface area is 129 Å². The van der Waals surface area contributed by atoms with Gasteiger partial charge in [-0.15, -0.1) is 0 Å². The maximum absolute atomic E-state index is 5.66. The van der Waals surface area contributed by atoms with Gasteiger partial charge in [-0.05, 0) is 36.5 Å². The molecule has 0 amide bonds. The second-order valence-corrected chi connectivity index (χ2v) is 4.82. The van der Waals surface area contributed by atoms with Crippen molar-refractivity contribution in [2.45, 2.75) is 6.42 Å². The van der Waals surface area contributed by atoms with Crippen LogP contribution in [-0.4, -0.2) is 18.3 Å². The van der Waals surface area contributed by atoms with Crippen LogP contribution in [0.4, 0.5) is 5.69 Å². The van der Waals surface area contributed by atoms with Crippen LogP contribution in [0.1, 0.15) is 6.42 Å². The molecule has 0 spiro atoms. The minimum absolute atomic E-state index is 0.239. The third kappa shape index (κ3) is 5.71. The lowest BCUT2D eigenvalue weighted by Gasteiger charge is -2.09. The molecule has 0 fully saturated rings. The molecule has 0 aromatic heterocycles. The number of nitrogens with two attached hydrogens (primary N) is 1. The molecule has 110 valence electrons. The van der Waals surface area contributed by atoms with Crippen molar-refractivity contribution in [1.29, 1.82) is 0 Å². The van der Waals surface area contributed by atoms with Gasteiger partial charge in [0.15, 0.2) is 5.11 Å². The highest BCUT2D eigenvalue weighted by atomic mass is 32.1. The first-order valence-corrected chi connectivity index (χ1v) is 7.12. The number of anilines is 1. The van der Waals surface area contributed by atoms with Crippen molar-refractivity contribution >= 4 is 23.0 Å². The van der Waals surface area contributed by atoms with Gasteiger partial charge in [-0.1, -0.05) is 24.3 Å². The van der Waals surface area contributed by atoms with Crippen LogP contribution in [0.2, 0.25) is 0 Å². The Bertz CT molecular complexity index is 575. The van der Waals surface area contributed by atoms with Crippen LogP contribution in [0, 0.1) is 0 Å². The van der Waals surface area contributed by atoms with E-state index in [4.69, 9.17) is 27.4 Å². The number of rotatable bonds is 7. The van der Waals surface area contributed by atoms with Gasteiger partial charge in [0, 0.05) is 18.2 Å². The first-order chi connectivity index (χ1) is 10.2. The van der Waals surface area contributed by atoms with Gasteiger partial charge in [-0.3, -0.25) is 0 Å². The van der Waals surface area contributed by atoms with Crippen molar-refractivity contribution in [2.75, 3.05) is 18.5 Å². The fraction of sp³-hybridized carbons (Fsp3) is 0.188. The van der Waals surface area contributed by atoms with E-state index in [9.17, 15) is 0 Å². The van der Waals surface area contributed by atoms with Gasteiger partial charge in [0.25, 0.3) is 0 Å². The van der Waals surface area contributed by atoms with E-state index in [1.807, 2.05) is 54.6 Å². The Morgan fingerprint density at radius 1 is 0.952 bits per heavy atom. The molecule has 0 unspecified atom stereocenters. The van der Waals surface area contributed by atoms with Gasteiger partial charge in [0.05, 0.1) is 13.2 Å². The molecule has 3 N–H and O–H groups in total. The third-order valence-corrected chi connectivity index (χ3v) is 2.77. The highest BCUT2D eigenvalue weighted by Gasteiger charge is 1.98. The highest BCUT2D eigenvalue weighted by molar-refractivity contribution is 7.80. The Morgan fingerprint density at radius 3 is 2.33 bits per heavy atom. The zero-order valence-electron chi connectivity index (χ0n) is 11.6. The summed E-state index contributed by atoms with van der Waals surface area (Å²) >= 11 is 4.80. The number of nitrogens with one attached hydrogen (secondary N) is 1. The van der Waals surface area contributed by atoms with E-state index >= 15 is 0 Å². The van der Waals surface area contributed by atoms with Gasteiger partial charge in [0.1, 0.15) is 11.5 Å². The fourth-order valence-corrected chi connectivity index (χ4v) is 1.88. The molecule has 5 heteroatoms. The summed E-state index contributed by atoms with van der Waals surface area (Å²) in [6.07, 6.45) is 0.807. The fourth-order valence-electron chi connectivity index (χ4n) is 1.76. The average molecular weight is 302 g/mol. The van der Waals surface area contributed by atoms with E-state index in [1.165, 1.54) is 0 Å². The largest absolute Gasteiger partial charge is 0.493 e. The zero-order chi connectivity index (χ0) is 14.9. The van der Waals surface area contributed by atoms with Crippen molar-refractivity contribution in [3.8, 4) is 11.5 Å².